The number of rotatable bonds is 2. The Kier molecular flexibility index (Phi) is 3.61. The third kappa shape index (κ3) is 2.44. The molecule has 90 valence electrons. The van der Waals surface area contributed by atoms with Crippen LogP contribution in [0, 0.1) is 6.92 Å². The number of anilines is 1. The molecular weight excluding hydrogens is 242 g/mol. The highest BCUT2D eigenvalue weighted by Crippen LogP contribution is 2.30. The van der Waals surface area contributed by atoms with Crippen molar-refractivity contribution in [3.63, 3.8) is 0 Å². The molecule has 16 heavy (non-hydrogen) atoms. The molecule has 1 atom stereocenters. The standard InChI is InChI=1S/C10H17N3OS2/c1-7(11)9-8(2)12-10(15-9)13-3-5-16(14)6-4-13/h7H,3-6,11H2,1-2H3. The van der Waals surface area contributed by atoms with Gasteiger partial charge in [0.1, 0.15) is 0 Å². The van der Waals surface area contributed by atoms with Crippen LogP contribution in [0.25, 0.3) is 0 Å². The summed E-state index contributed by atoms with van der Waals surface area (Å²) in [4.78, 5) is 7.91. The molecule has 2 heterocycles. The predicted molar refractivity (Wildman–Crippen MR) is 69.5 cm³/mol. The van der Waals surface area contributed by atoms with Gasteiger partial charge in [-0.25, -0.2) is 4.98 Å². The van der Waals surface area contributed by atoms with Gasteiger partial charge in [0, 0.05) is 46.3 Å². The first-order valence-corrected chi connectivity index (χ1v) is 7.71. The smallest absolute Gasteiger partial charge is 0.185 e. The molecule has 0 saturated carbocycles. The van der Waals surface area contributed by atoms with E-state index in [-0.39, 0.29) is 6.04 Å². The Bertz CT molecular complexity index is 393. The van der Waals surface area contributed by atoms with Gasteiger partial charge in [0.15, 0.2) is 5.13 Å². The molecule has 1 unspecified atom stereocenters. The van der Waals surface area contributed by atoms with E-state index in [1.165, 1.54) is 0 Å². The van der Waals surface area contributed by atoms with Gasteiger partial charge in [0.25, 0.3) is 0 Å². The Morgan fingerprint density at radius 3 is 2.62 bits per heavy atom. The maximum Gasteiger partial charge on any atom is 0.185 e. The quantitative estimate of drug-likeness (QED) is 0.862. The van der Waals surface area contributed by atoms with Gasteiger partial charge in [-0.3, -0.25) is 4.21 Å². The number of nitrogens with two attached hydrogens (primary N) is 1. The number of thiazole rings is 1. The molecular formula is C10H17N3OS2. The zero-order valence-corrected chi connectivity index (χ0v) is 11.2. The lowest BCUT2D eigenvalue weighted by molar-refractivity contribution is 0.673. The van der Waals surface area contributed by atoms with Crippen molar-refractivity contribution in [2.24, 2.45) is 5.73 Å². The van der Waals surface area contributed by atoms with Gasteiger partial charge >= 0.3 is 0 Å². The van der Waals surface area contributed by atoms with E-state index in [1.54, 1.807) is 11.3 Å². The maximum absolute atomic E-state index is 11.3. The average molecular weight is 259 g/mol. The molecule has 0 aliphatic carbocycles. The largest absolute Gasteiger partial charge is 0.346 e. The summed E-state index contributed by atoms with van der Waals surface area (Å²) in [6.07, 6.45) is 0. The number of aromatic nitrogens is 1. The summed E-state index contributed by atoms with van der Waals surface area (Å²) < 4.78 is 11.3. The molecule has 1 aromatic heterocycles. The van der Waals surface area contributed by atoms with E-state index in [0.29, 0.717) is 0 Å². The van der Waals surface area contributed by atoms with Crippen molar-refractivity contribution in [3.05, 3.63) is 10.6 Å². The summed E-state index contributed by atoms with van der Waals surface area (Å²) >= 11 is 1.67. The van der Waals surface area contributed by atoms with Crippen LogP contribution in [0.3, 0.4) is 0 Å². The van der Waals surface area contributed by atoms with Crippen LogP contribution < -0.4 is 10.6 Å². The van der Waals surface area contributed by atoms with E-state index < -0.39 is 10.8 Å². The van der Waals surface area contributed by atoms with Crippen LogP contribution in [0.2, 0.25) is 0 Å². The molecule has 6 heteroatoms. The Hall–Kier alpha value is -0.460. The Morgan fingerprint density at radius 2 is 2.12 bits per heavy atom. The zero-order valence-electron chi connectivity index (χ0n) is 9.60. The van der Waals surface area contributed by atoms with E-state index in [4.69, 9.17) is 5.73 Å². The number of hydrogen-bond donors (Lipinski definition) is 1. The SMILES string of the molecule is Cc1nc(N2CCS(=O)CC2)sc1C(C)N. The molecule has 2 rings (SSSR count). The van der Waals surface area contributed by atoms with Crippen LogP contribution in [0.1, 0.15) is 23.5 Å². The van der Waals surface area contributed by atoms with E-state index in [0.717, 1.165) is 40.3 Å². The van der Waals surface area contributed by atoms with E-state index >= 15 is 0 Å². The second kappa shape index (κ2) is 4.81. The number of aryl methyl sites for hydroxylation is 1. The first-order chi connectivity index (χ1) is 7.58. The Balaban J connectivity index is 2.15. The lowest BCUT2D eigenvalue weighted by atomic mass is 10.2. The lowest BCUT2D eigenvalue weighted by Gasteiger charge is -2.25. The van der Waals surface area contributed by atoms with Crippen molar-refractivity contribution >= 4 is 27.3 Å². The molecule has 1 aliphatic rings. The van der Waals surface area contributed by atoms with Crippen LogP contribution >= 0.6 is 11.3 Å². The van der Waals surface area contributed by atoms with E-state index in [2.05, 4.69) is 9.88 Å². The van der Waals surface area contributed by atoms with Crippen LogP contribution in [0.5, 0.6) is 0 Å². The predicted octanol–water partition coefficient (Wildman–Crippen LogP) is 1.04. The topological polar surface area (TPSA) is 59.2 Å². The molecule has 1 fully saturated rings. The molecule has 1 aliphatic heterocycles. The van der Waals surface area contributed by atoms with Crippen molar-refractivity contribution in [2.75, 3.05) is 29.5 Å². The molecule has 1 saturated heterocycles. The number of hydrogen-bond acceptors (Lipinski definition) is 5. The molecule has 0 spiro atoms. The summed E-state index contributed by atoms with van der Waals surface area (Å²) in [5.41, 5.74) is 6.91. The minimum atomic E-state index is -0.632. The van der Waals surface area contributed by atoms with E-state index in [1.807, 2.05) is 13.8 Å². The van der Waals surface area contributed by atoms with Gasteiger partial charge in [0.2, 0.25) is 0 Å². The van der Waals surface area contributed by atoms with Crippen molar-refractivity contribution in [1.82, 2.24) is 4.98 Å². The summed E-state index contributed by atoms with van der Waals surface area (Å²) in [6.45, 7) is 5.67. The minimum Gasteiger partial charge on any atom is -0.346 e. The molecule has 0 amide bonds. The van der Waals surface area contributed by atoms with Gasteiger partial charge in [-0.15, -0.1) is 11.3 Å². The van der Waals surface area contributed by atoms with Crippen LogP contribution in [-0.4, -0.2) is 33.8 Å². The summed E-state index contributed by atoms with van der Waals surface area (Å²) in [6, 6.07) is 0.0465. The lowest BCUT2D eigenvalue weighted by Crippen LogP contribution is -2.37. The fourth-order valence-corrected chi connectivity index (χ4v) is 3.90. The summed E-state index contributed by atoms with van der Waals surface area (Å²) in [5, 5.41) is 1.03. The highest BCUT2D eigenvalue weighted by Gasteiger charge is 2.20. The van der Waals surface area contributed by atoms with Crippen molar-refractivity contribution < 1.29 is 4.21 Å². The maximum atomic E-state index is 11.3. The van der Waals surface area contributed by atoms with Gasteiger partial charge in [-0.05, 0) is 13.8 Å². The van der Waals surface area contributed by atoms with Crippen molar-refractivity contribution in [3.8, 4) is 0 Å². The molecule has 0 radical (unpaired) electrons. The normalized spacial score (nSPS) is 20.1. The van der Waals surface area contributed by atoms with Gasteiger partial charge in [-0.2, -0.15) is 0 Å². The highest BCUT2D eigenvalue weighted by molar-refractivity contribution is 7.85. The van der Waals surface area contributed by atoms with Crippen LogP contribution in [0.4, 0.5) is 5.13 Å². The second-order valence-electron chi connectivity index (χ2n) is 4.07. The van der Waals surface area contributed by atoms with Gasteiger partial charge in [-0.1, -0.05) is 0 Å². The van der Waals surface area contributed by atoms with Crippen LogP contribution in [0.15, 0.2) is 0 Å². The third-order valence-electron chi connectivity index (χ3n) is 2.68. The minimum absolute atomic E-state index is 0.0465. The molecule has 1 aromatic rings. The zero-order chi connectivity index (χ0) is 11.7. The fourth-order valence-electron chi connectivity index (χ4n) is 1.78. The first-order valence-electron chi connectivity index (χ1n) is 5.40. The molecule has 4 nitrogen and oxygen atoms in total. The van der Waals surface area contributed by atoms with Crippen LogP contribution in [-0.2, 0) is 10.8 Å². The molecule has 0 aromatic carbocycles. The first kappa shape index (κ1) is 12.0. The fraction of sp³-hybridized carbons (Fsp3) is 0.700. The second-order valence-corrected chi connectivity index (χ2v) is 6.78. The Morgan fingerprint density at radius 1 is 1.50 bits per heavy atom. The monoisotopic (exact) mass is 259 g/mol. The third-order valence-corrected chi connectivity index (χ3v) is 5.38. The molecule has 0 bridgehead atoms. The highest BCUT2D eigenvalue weighted by atomic mass is 32.2. The van der Waals surface area contributed by atoms with Crippen molar-refractivity contribution in [2.45, 2.75) is 19.9 Å². The van der Waals surface area contributed by atoms with Gasteiger partial charge < -0.3 is 10.6 Å². The number of nitrogens with zero attached hydrogens (tertiary/aromatic N) is 2. The average Bonchev–Trinajstić information content (AvgIpc) is 2.61. The van der Waals surface area contributed by atoms with Crippen molar-refractivity contribution in [1.29, 1.82) is 0 Å². The van der Waals surface area contributed by atoms with Gasteiger partial charge in [0.05, 0.1) is 5.69 Å². The summed E-state index contributed by atoms with van der Waals surface area (Å²) in [5.74, 6) is 1.51. The Labute approximate surface area is 102 Å². The molecule has 2 N–H and O–H groups in total. The van der Waals surface area contributed by atoms with E-state index in [9.17, 15) is 4.21 Å². The summed E-state index contributed by atoms with van der Waals surface area (Å²) in [7, 11) is -0.632.